The van der Waals surface area contributed by atoms with Gasteiger partial charge in [-0.05, 0) is 53.8 Å². The topological polar surface area (TPSA) is 68.5 Å². The van der Waals surface area contributed by atoms with Gasteiger partial charge in [0.25, 0.3) is 5.91 Å². The second kappa shape index (κ2) is 7.02. The molecule has 0 saturated carbocycles. The van der Waals surface area contributed by atoms with Gasteiger partial charge < -0.3 is 15.4 Å². The minimum absolute atomic E-state index is 0.00266. The molecular formula is C25H26FN3O2. The molecule has 0 radical (unpaired) electrons. The van der Waals surface area contributed by atoms with E-state index in [0.717, 1.165) is 27.6 Å². The van der Waals surface area contributed by atoms with Gasteiger partial charge in [0.05, 0.1) is 18.2 Å². The summed E-state index contributed by atoms with van der Waals surface area (Å²) in [6.45, 7) is 8.01. The second-order valence-electron chi connectivity index (χ2n) is 9.35. The van der Waals surface area contributed by atoms with E-state index in [1.54, 1.807) is 0 Å². The lowest BCUT2D eigenvalue weighted by Crippen LogP contribution is -2.30. The van der Waals surface area contributed by atoms with E-state index in [2.05, 4.69) is 18.8 Å². The largest absolute Gasteiger partial charge is 0.383 e. The van der Waals surface area contributed by atoms with Gasteiger partial charge in [0.1, 0.15) is 11.6 Å². The van der Waals surface area contributed by atoms with Crippen molar-refractivity contribution in [3.8, 4) is 0 Å². The lowest BCUT2D eigenvalue weighted by atomic mass is 9.78. The van der Waals surface area contributed by atoms with Crippen molar-refractivity contribution >= 4 is 22.6 Å². The lowest BCUT2D eigenvalue weighted by molar-refractivity contribution is 0.0777. The van der Waals surface area contributed by atoms with Gasteiger partial charge in [-0.2, -0.15) is 0 Å². The predicted molar refractivity (Wildman–Crippen MR) is 118 cm³/mol. The molecule has 0 aliphatic carbocycles. The average molecular weight is 420 g/mol. The maximum Gasteiger partial charge on any atom is 0.253 e. The summed E-state index contributed by atoms with van der Waals surface area (Å²) in [7, 11) is 0. The highest BCUT2D eigenvalue weighted by molar-refractivity contribution is 5.99. The van der Waals surface area contributed by atoms with Crippen molar-refractivity contribution in [1.29, 1.82) is 0 Å². The van der Waals surface area contributed by atoms with Crippen LogP contribution in [0.5, 0.6) is 0 Å². The summed E-state index contributed by atoms with van der Waals surface area (Å²) in [5, 5.41) is 0.924. The average Bonchev–Trinajstić information content (AvgIpc) is 3.28. The molecule has 5 nitrogen and oxygen atoms in total. The number of halogens is 1. The van der Waals surface area contributed by atoms with Crippen LogP contribution in [0.3, 0.4) is 0 Å². The molecule has 0 spiro atoms. The van der Waals surface area contributed by atoms with Crippen molar-refractivity contribution in [3.05, 3.63) is 70.5 Å². The fourth-order valence-electron chi connectivity index (χ4n) is 5.12. The van der Waals surface area contributed by atoms with Gasteiger partial charge in [-0.3, -0.25) is 4.79 Å². The van der Waals surface area contributed by atoms with E-state index in [-0.39, 0.29) is 29.2 Å². The van der Waals surface area contributed by atoms with Crippen molar-refractivity contribution in [1.82, 2.24) is 9.88 Å². The van der Waals surface area contributed by atoms with Crippen LogP contribution in [0, 0.1) is 11.2 Å². The van der Waals surface area contributed by atoms with Gasteiger partial charge in [0, 0.05) is 35.5 Å². The van der Waals surface area contributed by atoms with Crippen molar-refractivity contribution < 1.29 is 13.9 Å². The van der Waals surface area contributed by atoms with E-state index in [4.69, 9.17) is 10.5 Å². The Labute approximate surface area is 181 Å². The van der Waals surface area contributed by atoms with Crippen molar-refractivity contribution in [3.63, 3.8) is 0 Å². The van der Waals surface area contributed by atoms with Crippen LogP contribution in [0.2, 0.25) is 0 Å². The number of anilines is 1. The highest BCUT2D eigenvalue weighted by Crippen LogP contribution is 2.43. The number of nitrogens with two attached hydrogens (primary N) is 1. The zero-order valence-electron chi connectivity index (χ0n) is 18.0. The summed E-state index contributed by atoms with van der Waals surface area (Å²) in [5.74, 6) is 0.397. The zero-order valence-corrected chi connectivity index (χ0v) is 18.0. The molecule has 2 aliphatic heterocycles. The third-order valence-electron chi connectivity index (χ3n) is 6.80. The number of aromatic nitrogens is 1. The summed E-state index contributed by atoms with van der Waals surface area (Å²) in [4.78, 5) is 19.9. The smallest absolute Gasteiger partial charge is 0.253 e. The van der Waals surface area contributed by atoms with Crippen LogP contribution in [-0.2, 0) is 11.3 Å². The van der Waals surface area contributed by atoms with E-state index in [1.165, 1.54) is 12.1 Å². The number of nitrogen functional groups attached to an aromatic ring is 1. The van der Waals surface area contributed by atoms with Crippen LogP contribution in [0.25, 0.3) is 10.9 Å². The van der Waals surface area contributed by atoms with Crippen LogP contribution in [0.4, 0.5) is 10.2 Å². The van der Waals surface area contributed by atoms with Gasteiger partial charge in [-0.25, -0.2) is 9.37 Å². The molecule has 1 amide bonds. The number of fused-ring (bicyclic) bond motifs is 3. The molecule has 3 heterocycles. The Hall–Kier alpha value is -2.99. The molecular weight excluding hydrogens is 393 g/mol. The highest BCUT2D eigenvalue weighted by atomic mass is 19.1. The van der Waals surface area contributed by atoms with Crippen LogP contribution in [0.1, 0.15) is 59.8 Å². The van der Waals surface area contributed by atoms with Crippen LogP contribution >= 0.6 is 0 Å². The van der Waals surface area contributed by atoms with Crippen LogP contribution in [0.15, 0.2) is 42.5 Å². The van der Waals surface area contributed by atoms with Gasteiger partial charge in [-0.1, -0.05) is 26.0 Å². The first-order valence-corrected chi connectivity index (χ1v) is 10.6. The third kappa shape index (κ3) is 3.26. The predicted octanol–water partition coefficient (Wildman–Crippen LogP) is 4.81. The van der Waals surface area contributed by atoms with Gasteiger partial charge in [-0.15, -0.1) is 0 Å². The molecule has 2 aromatic carbocycles. The maximum atomic E-state index is 13.4. The quantitative estimate of drug-likeness (QED) is 0.647. The lowest BCUT2D eigenvalue weighted by Gasteiger charge is -2.25. The minimum Gasteiger partial charge on any atom is -0.383 e. The Morgan fingerprint density at radius 1 is 1.23 bits per heavy atom. The standard InChI is InChI=1S/C25H26FN3O2/c1-14-22-19(12-31-14)18-10-16(6-9-21(18)28-23(22)27)24(30)29-11-20(25(2,3)13-29)15-4-7-17(26)8-5-15/h4-10,14,20H,11-13H2,1-3H3,(H2,27,28)/t14-,20+/m1/s1. The van der Waals surface area contributed by atoms with Gasteiger partial charge in [0.15, 0.2) is 0 Å². The minimum atomic E-state index is -0.247. The first-order chi connectivity index (χ1) is 14.7. The van der Waals surface area contributed by atoms with Crippen molar-refractivity contribution in [2.45, 2.75) is 39.4 Å². The number of carbonyl (C=O) groups is 1. The first-order valence-electron chi connectivity index (χ1n) is 10.6. The Morgan fingerprint density at radius 3 is 2.71 bits per heavy atom. The van der Waals surface area contributed by atoms with E-state index in [0.29, 0.717) is 31.1 Å². The molecule has 3 aromatic rings. The van der Waals surface area contributed by atoms with Crippen molar-refractivity contribution in [2.24, 2.45) is 5.41 Å². The second-order valence-corrected chi connectivity index (χ2v) is 9.35. The molecule has 6 heteroatoms. The number of ether oxygens (including phenoxy) is 1. The Bertz CT molecular complexity index is 1190. The normalized spacial score (nSPS) is 22.1. The first kappa shape index (κ1) is 19.9. The van der Waals surface area contributed by atoms with E-state index in [1.807, 2.05) is 42.2 Å². The molecule has 1 aromatic heterocycles. The fourth-order valence-corrected chi connectivity index (χ4v) is 5.12. The Kier molecular flexibility index (Phi) is 4.52. The van der Waals surface area contributed by atoms with E-state index < -0.39 is 0 Å². The molecule has 160 valence electrons. The number of pyridine rings is 1. The SMILES string of the molecule is C[C@H]1OCc2c1c(N)nc1ccc(C(=O)N3C[C@@H](c4ccc(F)cc4)C(C)(C)C3)cc21. The molecule has 0 bridgehead atoms. The zero-order chi connectivity index (χ0) is 21.9. The van der Waals surface area contributed by atoms with Crippen LogP contribution < -0.4 is 5.73 Å². The van der Waals surface area contributed by atoms with Crippen molar-refractivity contribution in [2.75, 3.05) is 18.8 Å². The maximum absolute atomic E-state index is 13.4. The summed E-state index contributed by atoms with van der Waals surface area (Å²) in [5.41, 5.74) is 10.5. The highest BCUT2D eigenvalue weighted by Gasteiger charge is 2.42. The number of likely N-dealkylation sites (tertiary alicyclic amines) is 1. The number of hydrogen-bond acceptors (Lipinski definition) is 4. The van der Waals surface area contributed by atoms with Gasteiger partial charge in [0.2, 0.25) is 0 Å². The molecule has 1 saturated heterocycles. The van der Waals surface area contributed by atoms with E-state index >= 15 is 0 Å². The summed E-state index contributed by atoms with van der Waals surface area (Å²) in [6.07, 6.45) is -0.0953. The third-order valence-corrected chi connectivity index (χ3v) is 6.80. The molecule has 5 rings (SSSR count). The van der Waals surface area contributed by atoms with E-state index in [9.17, 15) is 9.18 Å². The summed E-state index contributed by atoms with van der Waals surface area (Å²) in [6, 6.07) is 12.2. The number of hydrogen-bond donors (Lipinski definition) is 1. The fraction of sp³-hybridized carbons (Fsp3) is 0.360. The monoisotopic (exact) mass is 419 g/mol. The number of benzene rings is 2. The van der Waals surface area contributed by atoms with Crippen LogP contribution in [-0.4, -0.2) is 28.9 Å². The number of nitrogens with zero attached hydrogens (tertiary/aromatic N) is 2. The molecule has 2 N–H and O–H groups in total. The Balaban J connectivity index is 1.48. The summed E-state index contributed by atoms with van der Waals surface area (Å²) < 4.78 is 19.1. The molecule has 2 atom stereocenters. The Morgan fingerprint density at radius 2 is 1.97 bits per heavy atom. The number of amides is 1. The molecule has 1 fully saturated rings. The molecule has 0 unspecified atom stereocenters. The number of carbonyl (C=O) groups excluding carboxylic acids is 1. The van der Waals surface area contributed by atoms with Gasteiger partial charge >= 0.3 is 0 Å². The molecule has 2 aliphatic rings. The summed E-state index contributed by atoms with van der Waals surface area (Å²) >= 11 is 0. The number of rotatable bonds is 2. The molecule has 31 heavy (non-hydrogen) atoms.